The highest BCUT2D eigenvalue weighted by Gasteiger charge is 2.43. The predicted molar refractivity (Wildman–Crippen MR) is 64.9 cm³/mol. The molecule has 1 unspecified atom stereocenters. The largest absolute Gasteiger partial charge is 0.452 e. The first-order valence-electron chi connectivity index (χ1n) is 5.92. The van der Waals surface area contributed by atoms with Gasteiger partial charge in [0.2, 0.25) is 0 Å². The van der Waals surface area contributed by atoms with E-state index >= 15 is 0 Å². The molecule has 1 atom stereocenters. The minimum Gasteiger partial charge on any atom is -0.445 e. The monoisotopic (exact) mass is 289 g/mol. The highest BCUT2D eigenvalue weighted by molar-refractivity contribution is 5.91. The molecule has 0 heterocycles. The number of rotatable bonds is 5. The Balaban J connectivity index is 2.50. The van der Waals surface area contributed by atoms with Crippen LogP contribution >= 0.6 is 0 Å². The summed E-state index contributed by atoms with van der Waals surface area (Å²) in [7, 11) is 0. The van der Waals surface area contributed by atoms with Crippen LogP contribution in [0.2, 0.25) is 0 Å². The number of hydrogen-bond acceptors (Lipinski definition) is 3. The van der Waals surface area contributed by atoms with Gasteiger partial charge in [0, 0.05) is 0 Å². The van der Waals surface area contributed by atoms with Crippen molar-refractivity contribution >= 4 is 11.9 Å². The molecule has 0 bridgehead atoms. The smallest absolute Gasteiger partial charge is 0.445 e. The van der Waals surface area contributed by atoms with Crippen molar-refractivity contribution in [2.45, 2.75) is 32.2 Å². The van der Waals surface area contributed by atoms with Crippen LogP contribution in [-0.2, 0) is 16.1 Å². The van der Waals surface area contributed by atoms with Crippen LogP contribution in [-0.4, -0.2) is 24.1 Å². The molecule has 0 saturated heterocycles. The maximum atomic E-state index is 12.2. The predicted octanol–water partition coefficient (Wildman–Crippen LogP) is 2.82. The van der Waals surface area contributed by atoms with Gasteiger partial charge >= 0.3 is 12.3 Å². The standard InChI is InChI=1S/C13H14F3NO3/c1-2-10(11(18)13(14,15)16)17-12(19)20-8-9-6-4-3-5-7-9/h3-7,10H,2,8H2,1H3,(H,17,19). The SMILES string of the molecule is CCC(NC(=O)OCc1ccccc1)C(=O)C(F)(F)F. The minimum absolute atomic E-state index is 0.0800. The van der Waals surface area contributed by atoms with Crippen molar-refractivity contribution in [2.75, 3.05) is 0 Å². The zero-order valence-electron chi connectivity index (χ0n) is 10.7. The summed E-state index contributed by atoms with van der Waals surface area (Å²) in [6, 6.07) is 7.02. The molecule has 1 N–H and O–H groups in total. The highest BCUT2D eigenvalue weighted by Crippen LogP contribution is 2.19. The van der Waals surface area contributed by atoms with Gasteiger partial charge in [-0.3, -0.25) is 4.79 Å². The number of ether oxygens (including phenoxy) is 1. The molecule has 1 aromatic rings. The molecule has 1 rings (SSSR count). The molecular weight excluding hydrogens is 275 g/mol. The number of ketones is 1. The number of nitrogens with one attached hydrogen (secondary N) is 1. The van der Waals surface area contributed by atoms with Gasteiger partial charge in [0.25, 0.3) is 5.78 Å². The molecule has 0 aliphatic rings. The second-order valence-corrected chi connectivity index (χ2v) is 4.03. The first-order chi connectivity index (χ1) is 9.34. The average Bonchev–Trinajstić information content (AvgIpc) is 2.42. The fraction of sp³-hybridized carbons (Fsp3) is 0.385. The van der Waals surface area contributed by atoms with E-state index in [1.54, 1.807) is 30.3 Å². The fourth-order valence-corrected chi connectivity index (χ4v) is 1.46. The number of carbonyl (C=O) groups is 2. The molecular formula is C13H14F3NO3. The molecule has 0 spiro atoms. The molecule has 0 aliphatic heterocycles. The van der Waals surface area contributed by atoms with Crippen molar-refractivity contribution in [1.29, 1.82) is 0 Å². The van der Waals surface area contributed by atoms with Crippen LogP contribution in [0.3, 0.4) is 0 Å². The summed E-state index contributed by atoms with van der Waals surface area (Å²) in [5, 5.41) is 1.91. The van der Waals surface area contributed by atoms with Gasteiger partial charge in [-0.15, -0.1) is 0 Å². The molecule has 7 heteroatoms. The summed E-state index contributed by atoms with van der Waals surface area (Å²) < 4.78 is 41.5. The van der Waals surface area contributed by atoms with E-state index in [0.29, 0.717) is 5.56 Å². The van der Waals surface area contributed by atoms with E-state index in [1.807, 2.05) is 5.32 Å². The number of halogens is 3. The van der Waals surface area contributed by atoms with Crippen molar-refractivity contribution < 1.29 is 27.5 Å². The summed E-state index contributed by atoms with van der Waals surface area (Å²) >= 11 is 0. The van der Waals surface area contributed by atoms with Gasteiger partial charge < -0.3 is 10.1 Å². The molecule has 20 heavy (non-hydrogen) atoms. The lowest BCUT2D eigenvalue weighted by Crippen LogP contribution is -2.46. The highest BCUT2D eigenvalue weighted by atomic mass is 19.4. The van der Waals surface area contributed by atoms with E-state index in [2.05, 4.69) is 0 Å². The van der Waals surface area contributed by atoms with Gasteiger partial charge in [0.1, 0.15) is 12.6 Å². The third-order valence-corrected chi connectivity index (χ3v) is 2.51. The van der Waals surface area contributed by atoms with Crippen LogP contribution in [0.15, 0.2) is 30.3 Å². The molecule has 0 radical (unpaired) electrons. The number of carbonyl (C=O) groups excluding carboxylic acids is 2. The van der Waals surface area contributed by atoms with Crippen LogP contribution in [0.4, 0.5) is 18.0 Å². The third kappa shape index (κ3) is 4.91. The Morgan fingerprint density at radius 3 is 2.35 bits per heavy atom. The van der Waals surface area contributed by atoms with E-state index in [9.17, 15) is 22.8 Å². The quantitative estimate of drug-likeness (QED) is 0.906. The van der Waals surface area contributed by atoms with E-state index in [4.69, 9.17) is 4.74 Å². The van der Waals surface area contributed by atoms with Crippen LogP contribution < -0.4 is 5.32 Å². The molecule has 0 fully saturated rings. The van der Waals surface area contributed by atoms with E-state index in [0.717, 1.165) is 0 Å². The van der Waals surface area contributed by atoms with Crippen molar-refractivity contribution in [3.05, 3.63) is 35.9 Å². The number of amides is 1. The lowest BCUT2D eigenvalue weighted by Gasteiger charge is -2.17. The zero-order valence-corrected chi connectivity index (χ0v) is 10.7. The molecule has 0 aromatic heterocycles. The summed E-state index contributed by atoms with van der Waals surface area (Å²) in [5.74, 6) is -1.99. The number of alkyl halides is 3. The van der Waals surface area contributed by atoms with E-state index in [1.165, 1.54) is 6.92 Å². The molecule has 1 aromatic carbocycles. The van der Waals surface area contributed by atoms with E-state index < -0.39 is 24.1 Å². The molecule has 4 nitrogen and oxygen atoms in total. The Bertz CT molecular complexity index is 460. The van der Waals surface area contributed by atoms with Gasteiger partial charge in [-0.25, -0.2) is 4.79 Å². The van der Waals surface area contributed by atoms with E-state index in [-0.39, 0.29) is 13.0 Å². The normalized spacial score (nSPS) is 12.6. The molecule has 1 amide bonds. The third-order valence-electron chi connectivity index (χ3n) is 2.51. The number of benzene rings is 1. The maximum absolute atomic E-state index is 12.2. The Morgan fingerprint density at radius 2 is 1.85 bits per heavy atom. The lowest BCUT2D eigenvalue weighted by atomic mass is 10.1. The Morgan fingerprint density at radius 1 is 1.25 bits per heavy atom. The topological polar surface area (TPSA) is 55.4 Å². The van der Waals surface area contributed by atoms with Gasteiger partial charge in [0.15, 0.2) is 0 Å². The molecule has 110 valence electrons. The second kappa shape index (κ2) is 6.93. The Hall–Kier alpha value is -2.05. The zero-order chi connectivity index (χ0) is 15.2. The average molecular weight is 289 g/mol. The van der Waals surface area contributed by atoms with Gasteiger partial charge in [-0.1, -0.05) is 37.3 Å². The minimum atomic E-state index is -4.98. The number of hydrogen-bond donors (Lipinski definition) is 1. The van der Waals surface area contributed by atoms with Crippen molar-refractivity contribution in [3.63, 3.8) is 0 Å². The first kappa shape index (κ1) is 16.0. The summed E-state index contributed by atoms with van der Waals surface area (Å²) in [6.45, 7) is 1.29. The van der Waals surface area contributed by atoms with Crippen molar-refractivity contribution in [2.24, 2.45) is 0 Å². The number of Topliss-reactive ketones (excluding diaryl/α,β-unsaturated/α-hetero) is 1. The van der Waals surface area contributed by atoms with Gasteiger partial charge in [-0.05, 0) is 12.0 Å². The van der Waals surface area contributed by atoms with Crippen LogP contribution in [0.1, 0.15) is 18.9 Å². The second-order valence-electron chi connectivity index (χ2n) is 4.03. The first-order valence-corrected chi connectivity index (χ1v) is 5.92. The van der Waals surface area contributed by atoms with Crippen molar-refractivity contribution in [1.82, 2.24) is 5.32 Å². The molecule has 0 aliphatic carbocycles. The summed E-state index contributed by atoms with van der Waals surface area (Å²) in [4.78, 5) is 22.4. The molecule has 0 saturated carbocycles. The summed E-state index contributed by atoms with van der Waals surface area (Å²) in [5.41, 5.74) is 0.692. The fourth-order valence-electron chi connectivity index (χ4n) is 1.46. The summed E-state index contributed by atoms with van der Waals surface area (Å²) in [6.07, 6.45) is -6.20. The van der Waals surface area contributed by atoms with Crippen LogP contribution in [0.5, 0.6) is 0 Å². The maximum Gasteiger partial charge on any atom is 0.452 e. The van der Waals surface area contributed by atoms with Crippen LogP contribution in [0, 0.1) is 0 Å². The lowest BCUT2D eigenvalue weighted by molar-refractivity contribution is -0.173. The Labute approximate surface area is 113 Å². The van der Waals surface area contributed by atoms with Crippen LogP contribution in [0.25, 0.3) is 0 Å². The van der Waals surface area contributed by atoms with Gasteiger partial charge in [0.05, 0.1) is 0 Å². The Kier molecular flexibility index (Phi) is 5.54. The van der Waals surface area contributed by atoms with Crippen molar-refractivity contribution in [3.8, 4) is 0 Å². The van der Waals surface area contributed by atoms with Gasteiger partial charge in [-0.2, -0.15) is 13.2 Å². The number of alkyl carbamates (subject to hydrolysis) is 1.